The van der Waals surface area contributed by atoms with Crippen LogP contribution < -0.4 is 5.32 Å². The number of rotatable bonds is 3. The van der Waals surface area contributed by atoms with Crippen LogP contribution in [0, 0.1) is 0 Å². The van der Waals surface area contributed by atoms with Crippen LogP contribution in [-0.4, -0.2) is 0 Å². The maximum absolute atomic E-state index is 3.46. The number of allylic oxidation sites excluding steroid dienone is 1. The van der Waals surface area contributed by atoms with E-state index in [0.29, 0.717) is 0 Å². The Morgan fingerprint density at radius 3 is 2.71 bits per heavy atom. The molecule has 0 radical (unpaired) electrons. The van der Waals surface area contributed by atoms with Gasteiger partial charge in [0.2, 0.25) is 0 Å². The van der Waals surface area contributed by atoms with Crippen LogP contribution in [0.1, 0.15) is 16.7 Å². The summed E-state index contributed by atoms with van der Waals surface area (Å²) in [5.41, 5.74) is 5.42. The van der Waals surface area contributed by atoms with Crippen molar-refractivity contribution in [3.8, 4) is 0 Å². The molecule has 2 aromatic carbocycles. The summed E-state index contributed by atoms with van der Waals surface area (Å²) < 4.78 is 0. The maximum Gasteiger partial charge on any atom is 0.0403 e. The van der Waals surface area contributed by atoms with Crippen molar-refractivity contribution in [1.82, 2.24) is 0 Å². The second-order valence-corrected chi connectivity index (χ2v) is 4.31. The van der Waals surface area contributed by atoms with Gasteiger partial charge in [-0.25, -0.2) is 0 Å². The molecule has 0 aliphatic heterocycles. The first-order valence-electron chi connectivity index (χ1n) is 6.00. The summed E-state index contributed by atoms with van der Waals surface area (Å²) in [6.45, 7) is 0.898. The van der Waals surface area contributed by atoms with E-state index in [-0.39, 0.29) is 0 Å². The van der Waals surface area contributed by atoms with Crippen LogP contribution in [0.25, 0.3) is 6.08 Å². The Morgan fingerprint density at radius 1 is 0.941 bits per heavy atom. The second kappa shape index (κ2) is 4.46. The van der Waals surface area contributed by atoms with E-state index in [1.165, 1.54) is 22.4 Å². The SMILES string of the molecule is C1=Cc2cccc(CNc3ccccc3)c2C1. The molecule has 0 saturated carbocycles. The number of benzene rings is 2. The molecule has 1 aliphatic rings. The van der Waals surface area contributed by atoms with Gasteiger partial charge in [-0.1, -0.05) is 48.6 Å². The Balaban J connectivity index is 1.77. The number of para-hydroxylation sites is 1. The van der Waals surface area contributed by atoms with E-state index in [2.05, 4.69) is 59.9 Å². The number of fused-ring (bicyclic) bond motifs is 1. The molecule has 0 fully saturated rings. The van der Waals surface area contributed by atoms with Crippen LogP contribution in [0.15, 0.2) is 54.6 Å². The monoisotopic (exact) mass is 221 g/mol. The van der Waals surface area contributed by atoms with E-state index in [0.717, 1.165) is 13.0 Å². The zero-order valence-electron chi connectivity index (χ0n) is 9.69. The van der Waals surface area contributed by atoms with Crippen LogP contribution in [0.3, 0.4) is 0 Å². The lowest BCUT2D eigenvalue weighted by Crippen LogP contribution is -2.02. The summed E-state index contributed by atoms with van der Waals surface area (Å²) >= 11 is 0. The van der Waals surface area contributed by atoms with Gasteiger partial charge in [-0.3, -0.25) is 0 Å². The minimum absolute atomic E-state index is 0.898. The Hall–Kier alpha value is -2.02. The van der Waals surface area contributed by atoms with Gasteiger partial charge < -0.3 is 5.32 Å². The van der Waals surface area contributed by atoms with Gasteiger partial charge in [0.05, 0.1) is 0 Å². The largest absolute Gasteiger partial charge is 0.381 e. The Labute approximate surface area is 102 Å². The molecular weight excluding hydrogens is 206 g/mol. The lowest BCUT2D eigenvalue weighted by molar-refractivity contribution is 1.10. The van der Waals surface area contributed by atoms with Crippen molar-refractivity contribution in [3.05, 3.63) is 71.3 Å². The van der Waals surface area contributed by atoms with Crippen LogP contribution in [-0.2, 0) is 13.0 Å². The first-order chi connectivity index (χ1) is 8.43. The van der Waals surface area contributed by atoms with Gasteiger partial charge in [0.1, 0.15) is 0 Å². The van der Waals surface area contributed by atoms with Crippen molar-refractivity contribution in [1.29, 1.82) is 0 Å². The predicted octanol–water partition coefficient (Wildman–Crippen LogP) is 3.87. The van der Waals surface area contributed by atoms with Crippen LogP contribution in [0.2, 0.25) is 0 Å². The fourth-order valence-electron chi connectivity index (χ4n) is 2.28. The molecule has 0 atom stereocenters. The van der Waals surface area contributed by atoms with Crippen molar-refractivity contribution < 1.29 is 0 Å². The zero-order chi connectivity index (χ0) is 11.5. The minimum Gasteiger partial charge on any atom is -0.381 e. The van der Waals surface area contributed by atoms with Crippen molar-refractivity contribution in [2.75, 3.05) is 5.32 Å². The summed E-state index contributed by atoms with van der Waals surface area (Å²) in [5.74, 6) is 0. The first-order valence-corrected chi connectivity index (χ1v) is 6.00. The number of nitrogens with one attached hydrogen (secondary N) is 1. The van der Waals surface area contributed by atoms with Gasteiger partial charge in [0, 0.05) is 12.2 Å². The third kappa shape index (κ3) is 2.09. The first kappa shape index (κ1) is 10.2. The van der Waals surface area contributed by atoms with Crippen LogP contribution in [0.4, 0.5) is 5.69 Å². The van der Waals surface area contributed by atoms with E-state index < -0.39 is 0 Å². The average Bonchev–Trinajstić information content (AvgIpc) is 2.86. The zero-order valence-corrected chi connectivity index (χ0v) is 9.69. The molecular formula is C16H15N. The highest BCUT2D eigenvalue weighted by Gasteiger charge is 2.08. The van der Waals surface area contributed by atoms with Crippen molar-refractivity contribution in [2.24, 2.45) is 0 Å². The number of hydrogen-bond donors (Lipinski definition) is 1. The fraction of sp³-hybridized carbons (Fsp3) is 0.125. The van der Waals surface area contributed by atoms with Gasteiger partial charge in [-0.2, -0.15) is 0 Å². The lowest BCUT2D eigenvalue weighted by Gasteiger charge is -2.10. The molecule has 1 aliphatic carbocycles. The standard InChI is InChI=1S/C16H15N/c1-2-9-15(10-3-1)17-12-14-8-4-6-13-7-5-11-16(13)14/h1-10,17H,11-12H2. The number of anilines is 1. The van der Waals surface area contributed by atoms with Gasteiger partial charge in [0.15, 0.2) is 0 Å². The van der Waals surface area contributed by atoms with Gasteiger partial charge in [-0.05, 0) is 35.2 Å². The number of hydrogen-bond acceptors (Lipinski definition) is 1. The summed E-state index contributed by atoms with van der Waals surface area (Å²) in [4.78, 5) is 0. The molecule has 0 spiro atoms. The van der Waals surface area contributed by atoms with Crippen LogP contribution >= 0.6 is 0 Å². The molecule has 0 unspecified atom stereocenters. The Kier molecular flexibility index (Phi) is 2.66. The summed E-state index contributed by atoms with van der Waals surface area (Å²) in [6.07, 6.45) is 5.51. The highest BCUT2D eigenvalue weighted by atomic mass is 14.9. The molecule has 0 amide bonds. The Bertz CT molecular complexity index is 541. The van der Waals surface area contributed by atoms with Crippen molar-refractivity contribution in [2.45, 2.75) is 13.0 Å². The molecule has 1 nitrogen and oxygen atoms in total. The summed E-state index contributed by atoms with van der Waals surface area (Å²) in [6, 6.07) is 16.9. The van der Waals surface area contributed by atoms with Gasteiger partial charge in [-0.15, -0.1) is 0 Å². The third-order valence-electron chi connectivity index (χ3n) is 3.19. The van der Waals surface area contributed by atoms with Gasteiger partial charge in [0.25, 0.3) is 0 Å². The topological polar surface area (TPSA) is 12.0 Å². The molecule has 0 heterocycles. The molecule has 0 bridgehead atoms. The smallest absolute Gasteiger partial charge is 0.0403 e. The summed E-state index contributed by atoms with van der Waals surface area (Å²) in [5, 5.41) is 3.46. The predicted molar refractivity (Wildman–Crippen MR) is 72.9 cm³/mol. The fourth-order valence-corrected chi connectivity index (χ4v) is 2.28. The van der Waals surface area contributed by atoms with E-state index in [1.54, 1.807) is 0 Å². The summed E-state index contributed by atoms with van der Waals surface area (Å²) in [7, 11) is 0. The van der Waals surface area contributed by atoms with E-state index in [4.69, 9.17) is 0 Å². The van der Waals surface area contributed by atoms with E-state index in [1.807, 2.05) is 6.07 Å². The lowest BCUT2D eigenvalue weighted by atomic mass is 10.0. The normalized spacial score (nSPS) is 12.5. The quantitative estimate of drug-likeness (QED) is 0.829. The van der Waals surface area contributed by atoms with Crippen molar-refractivity contribution in [3.63, 3.8) is 0 Å². The molecule has 84 valence electrons. The van der Waals surface area contributed by atoms with Crippen molar-refractivity contribution >= 4 is 11.8 Å². The minimum atomic E-state index is 0.898. The molecule has 2 aromatic rings. The van der Waals surface area contributed by atoms with E-state index >= 15 is 0 Å². The third-order valence-corrected chi connectivity index (χ3v) is 3.19. The molecule has 0 saturated heterocycles. The highest BCUT2D eigenvalue weighted by molar-refractivity contribution is 5.62. The Morgan fingerprint density at radius 2 is 1.82 bits per heavy atom. The van der Waals surface area contributed by atoms with E-state index in [9.17, 15) is 0 Å². The second-order valence-electron chi connectivity index (χ2n) is 4.31. The molecule has 0 aromatic heterocycles. The maximum atomic E-state index is 3.46. The average molecular weight is 221 g/mol. The van der Waals surface area contributed by atoms with Crippen LogP contribution in [0.5, 0.6) is 0 Å². The molecule has 1 N–H and O–H groups in total. The highest BCUT2D eigenvalue weighted by Crippen LogP contribution is 2.23. The molecule has 1 heteroatoms. The van der Waals surface area contributed by atoms with Gasteiger partial charge >= 0.3 is 0 Å². The molecule has 3 rings (SSSR count). The molecule has 17 heavy (non-hydrogen) atoms.